The van der Waals surface area contributed by atoms with E-state index in [4.69, 9.17) is 0 Å². The second-order valence-electron chi connectivity index (χ2n) is 5.05. The number of likely N-dealkylation sites (tertiary alicyclic amines) is 1. The number of carbonyl (C=O) groups is 1. The van der Waals surface area contributed by atoms with Crippen LogP contribution in [-0.4, -0.2) is 49.9 Å². The third-order valence-electron chi connectivity index (χ3n) is 3.56. The zero-order chi connectivity index (χ0) is 15.4. The van der Waals surface area contributed by atoms with E-state index in [0.717, 1.165) is 25.9 Å². The van der Waals surface area contributed by atoms with Crippen molar-refractivity contribution >= 4 is 17.7 Å². The largest absolute Gasteiger partial charge is 0.342 e. The van der Waals surface area contributed by atoms with Gasteiger partial charge in [-0.05, 0) is 41.8 Å². The number of amides is 1. The first kappa shape index (κ1) is 15.0. The normalized spacial score (nSPS) is 15.0. The summed E-state index contributed by atoms with van der Waals surface area (Å²) in [6.07, 6.45) is 3.30. The summed E-state index contributed by atoms with van der Waals surface area (Å²) in [6, 6.07) is 6.27. The average Bonchev–Trinajstić information content (AvgIpc) is 3.02. The molecule has 6 nitrogen and oxygen atoms in total. The van der Waals surface area contributed by atoms with Gasteiger partial charge >= 0.3 is 0 Å². The van der Waals surface area contributed by atoms with Crippen LogP contribution in [0.5, 0.6) is 0 Å². The van der Waals surface area contributed by atoms with E-state index < -0.39 is 5.82 Å². The third-order valence-corrected chi connectivity index (χ3v) is 4.46. The molecule has 0 saturated carbocycles. The van der Waals surface area contributed by atoms with Gasteiger partial charge in [-0.25, -0.2) is 4.39 Å². The molecule has 1 aromatic heterocycles. The van der Waals surface area contributed by atoms with Gasteiger partial charge in [0.25, 0.3) is 0 Å². The molecule has 3 rings (SSSR count). The number of aromatic nitrogens is 4. The quantitative estimate of drug-likeness (QED) is 0.805. The molecule has 22 heavy (non-hydrogen) atoms. The van der Waals surface area contributed by atoms with Gasteiger partial charge in [-0.15, -0.1) is 5.10 Å². The summed E-state index contributed by atoms with van der Waals surface area (Å²) >= 11 is 1.23. The molecule has 1 fully saturated rings. The average molecular weight is 321 g/mol. The van der Waals surface area contributed by atoms with E-state index in [2.05, 4.69) is 15.5 Å². The maximum atomic E-state index is 13.8. The molecule has 0 spiro atoms. The van der Waals surface area contributed by atoms with Gasteiger partial charge in [0.2, 0.25) is 11.1 Å². The number of tetrazole rings is 1. The SMILES string of the molecule is O=C(CSc1nnnn1-c1ccccc1F)N1CCCCC1. The van der Waals surface area contributed by atoms with E-state index in [1.54, 1.807) is 18.2 Å². The van der Waals surface area contributed by atoms with Crippen molar-refractivity contribution in [2.45, 2.75) is 24.4 Å². The van der Waals surface area contributed by atoms with Crippen LogP contribution < -0.4 is 0 Å². The molecule has 1 aliphatic heterocycles. The number of benzene rings is 1. The minimum absolute atomic E-state index is 0.0767. The number of halogens is 1. The van der Waals surface area contributed by atoms with Crippen LogP contribution in [0.3, 0.4) is 0 Å². The molecule has 0 bridgehead atoms. The number of hydrogen-bond acceptors (Lipinski definition) is 5. The molecule has 0 unspecified atom stereocenters. The van der Waals surface area contributed by atoms with Crippen LogP contribution in [0.2, 0.25) is 0 Å². The summed E-state index contributed by atoms with van der Waals surface area (Å²) in [5.74, 6) is -0.0683. The maximum absolute atomic E-state index is 13.8. The van der Waals surface area contributed by atoms with Crippen molar-refractivity contribution in [3.05, 3.63) is 30.1 Å². The minimum atomic E-state index is -0.404. The van der Waals surface area contributed by atoms with Gasteiger partial charge in [-0.2, -0.15) is 4.68 Å². The Hall–Kier alpha value is -1.96. The highest BCUT2D eigenvalue weighted by atomic mass is 32.2. The molecule has 0 atom stereocenters. The van der Waals surface area contributed by atoms with Crippen molar-refractivity contribution in [1.82, 2.24) is 25.1 Å². The molecule has 0 radical (unpaired) electrons. The smallest absolute Gasteiger partial charge is 0.233 e. The van der Waals surface area contributed by atoms with Gasteiger partial charge < -0.3 is 4.90 Å². The van der Waals surface area contributed by atoms with E-state index in [9.17, 15) is 9.18 Å². The zero-order valence-corrected chi connectivity index (χ0v) is 12.8. The number of carbonyl (C=O) groups excluding carboxylic acids is 1. The Bertz CT molecular complexity index is 656. The highest BCUT2D eigenvalue weighted by molar-refractivity contribution is 7.99. The lowest BCUT2D eigenvalue weighted by atomic mass is 10.1. The molecule has 1 saturated heterocycles. The van der Waals surface area contributed by atoms with Crippen LogP contribution in [-0.2, 0) is 4.79 Å². The summed E-state index contributed by atoms with van der Waals surface area (Å²) in [4.78, 5) is 14.0. The maximum Gasteiger partial charge on any atom is 0.233 e. The molecular weight excluding hydrogens is 305 g/mol. The minimum Gasteiger partial charge on any atom is -0.342 e. The Morgan fingerprint density at radius 3 is 2.77 bits per heavy atom. The first-order valence-corrected chi connectivity index (χ1v) is 8.18. The van der Waals surface area contributed by atoms with Crippen LogP contribution in [0.25, 0.3) is 5.69 Å². The fraction of sp³-hybridized carbons (Fsp3) is 0.429. The summed E-state index contributed by atoms with van der Waals surface area (Å²) in [7, 11) is 0. The summed E-state index contributed by atoms with van der Waals surface area (Å²) < 4.78 is 15.1. The number of rotatable bonds is 4. The lowest BCUT2D eigenvalue weighted by molar-refractivity contribution is -0.129. The second-order valence-corrected chi connectivity index (χ2v) is 6.00. The predicted octanol–water partition coefficient (Wildman–Crippen LogP) is 1.91. The predicted molar refractivity (Wildman–Crippen MR) is 80.3 cm³/mol. The van der Waals surface area contributed by atoms with Crippen molar-refractivity contribution in [3.8, 4) is 5.69 Å². The Morgan fingerprint density at radius 1 is 1.23 bits per heavy atom. The van der Waals surface area contributed by atoms with Crippen LogP contribution in [0.15, 0.2) is 29.4 Å². The standard InChI is InChI=1S/C14H16FN5OS/c15-11-6-2-3-7-12(11)20-14(16-17-18-20)22-10-13(21)19-8-4-1-5-9-19/h2-3,6-7H,1,4-5,8-10H2. The Labute approximate surface area is 131 Å². The number of nitrogens with zero attached hydrogens (tertiary/aromatic N) is 5. The number of thioether (sulfide) groups is 1. The van der Waals surface area contributed by atoms with Crippen molar-refractivity contribution in [2.24, 2.45) is 0 Å². The van der Waals surface area contributed by atoms with Crippen molar-refractivity contribution in [2.75, 3.05) is 18.8 Å². The molecule has 1 aromatic carbocycles. The Balaban J connectivity index is 1.68. The molecule has 116 valence electrons. The zero-order valence-electron chi connectivity index (χ0n) is 12.0. The third kappa shape index (κ3) is 3.27. The molecule has 0 aliphatic carbocycles. The van der Waals surface area contributed by atoms with E-state index in [1.165, 1.54) is 28.9 Å². The van der Waals surface area contributed by atoms with E-state index in [1.807, 2.05) is 4.90 Å². The van der Waals surface area contributed by atoms with Crippen molar-refractivity contribution in [3.63, 3.8) is 0 Å². The highest BCUT2D eigenvalue weighted by Crippen LogP contribution is 2.21. The summed E-state index contributed by atoms with van der Waals surface area (Å²) in [6.45, 7) is 1.63. The molecule has 2 aromatic rings. The van der Waals surface area contributed by atoms with Gasteiger partial charge in [0.1, 0.15) is 11.5 Å². The summed E-state index contributed by atoms with van der Waals surface area (Å²) in [5, 5.41) is 11.7. The molecule has 1 amide bonds. The first-order chi connectivity index (χ1) is 10.8. The molecule has 2 heterocycles. The number of hydrogen-bond donors (Lipinski definition) is 0. The lowest BCUT2D eigenvalue weighted by Gasteiger charge is -2.26. The van der Waals surface area contributed by atoms with Crippen LogP contribution >= 0.6 is 11.8 Å². The van der Waals surface area contributed by atoms with Gasteiger partial charge in [-0.1, -0.05) is 23.9 Å². The van der Waals surface area contributed by atoms with E-state index >= 15 is 0 Å². The van der Waals surface area contributed by atoms with Gasteiger partial charge in [0, 0.05) is 13.1 Å². The molecule has 1 aliphatic rings. The van der Waals surface area contributed by atoms with Crippen LogP contribution in [0, 0.1) is 5.82 Å². The van der Waals surface area contributed by atoms with Crippen LogP contribution in [0.4, 0.5) is 4.39 Å². The number of piperidine rings is 1. The highest BCUT2D eigenvalue weighted by Gasteiger charge is 2.19. The first-order valence-electron chi connectivity index (χ1n) is 7.19. The van der Waals surface area contributed by atoms with Gasteiger partial charge in [0.15, 0.2) is 0 Å². The van der Waals surface area contributed by atoms with Crippen LogP contribution in [0.1, 0.15) is 19.3 Å². The van der Waals surface area contributed by atoms with E-state index in [-0.39, 0.29) is 17.3 Å². The topological polar surface area (TPSA) is 63.9 Å². The van der Waals surface area contributed by atoms with E-state index in [0.29, 0.717) is 5.16 Å². The second kappa shape index (κ2) is 6.87. The lowest BCUT2D eigenvalue weighted by Crippen LogP contribution is -2.36. The van der Waals surface area contributed by atoms with Gasteiger partial charge in [0.05, 0.1) is 5.75 Å². The van der Waals surface area contributed by atoms with Gasteiger partial charge in [-0.3, -0.25) is 4.79 Å². The monoisotopic (exact) mass is 321 g/mol. The molecule has 0 N–H and O–H groups in total. The molecule has 8 heteroatoms. The fourth-order valence-corrected chi connectivity index (χ4v) is 3.19. The van der Waals surface area contributed by atoms with Crippen molar-refractivity contribution < 1.29 is 9.18 Å². The number of para-hydroxylation sites is 1. The Kier molecular flexibility index (Phi) is 4.67. The fourth-order valence-electron chi connectivity index (χ4n) is 2.40. The Morgan fingerprint density at radius 2 is 2.00 bits per heavy atom. The molecular formula is C14H16FN5OS. The summed E-state index contributed by atoms with van der Waals surface area (Å²) in [5.41, 5.74) is 0.278. The van der Waals surface area contributed by atoms with Crippen molar-refractivity contribution in [1.29, 1.82) is 0 Å².